The summed E-state index contributed by atoms with van der Waals surface area (Å²) in [5.74, 6) is 1.23. The highest BCUT2D eigenvalue weighted by atomic mass is 35.5. The number of halogens is 2. The maximum Gasteiger partial charge on any atom is 0.220 e. The summed E-state index contributed by atoms with van der Waals surface area (Å²) in [6.07, 6.45) is 4.58. The van der Waals surface area contributed by atoms with Gasteiger partial charge in [0.05, 0.1) is 17.1 Å². The van der Waals surface area contributed by atoms with Gasteiger partial charge in [0.15, 0.2) is 0 Å². The molecule has 1 heterocycles. The van der Waals surface area contributed by atoms with E-state index in [1.807, 2.05) is 24.3 Å². The maximum atomic E-state index is 12.3. The Hall–Kier alpha value is -1.30. The number of amides is 1. The Labute approximate surface area is 155 Å². The van der Waals surface area contributed by atoms with Gasteiger partial charge in [-0.1, -0.05) is 25.5 Å². The Morgan fingerprint density at radius 3 is 2.75 bits per heavy atom. The fourth-order valence-corrected chi connectivity index (χ4v) is 3.31. The smallest absolute Gasteiger partial charge is 0.220 e. The lowest BCUT2D eigenvalue weighted by atomic mass is 9.99. The fourth-order valence-electron chi connectivity index (χ4n) is 3.31. The number of para-hydroxylation sites is 2. The summed E-state index contributed by atoms with van der Waals surface area (Å²) >= 11 is 0. The summed E-state index contributed by atoms with van der Waals surface area (Å²) in [4.78, 5) is 20.2. The predicted octanol–water partition coefficient (Wildman–Crippen LogP) is 3.49. The number of benzene rings is 1. The molecule has 1 unspecified atom stereocenters. The van der Waals surface area contributed by atoms with E-state index in [1.165, 1.54) is 0 Å². The van der Waals surface area contributed by atoms with Gasteiger partial charge in [-0.3, -0.25) is 4.79 Å². The lowest BCUT2D eigenvalue weighted by Crippen LogP contribution is -2.33. The number of carbonyl (C=O) groups excluding carboxylic acids is 1. The van der Waals surface area contributed by atoms with Crippen LogP contribution in [0.1, 0.15) is 50.9 Å². The molecule has 0 radical (unpaired) electrons. The molecule has 1 saturated carbocycles. The number of imidazole rings is 1. The minimum atomic E-state index is -0.0717. The number of nitrogens with one attached hydrogen (secondary N) is 2. The van der Waals surface area contributed by atoms with Gasteiger partial charge in [-0.05, 0) is 37.3 Å². The quantitative estimate of drug-likeness (QED) is 0.750. The summed E-state index contributed by atoms with van der Waals surface area (Å²) < 4.78 is 0. The fraction of sp³-hybridized carbons (Fsp3) is 0.529. The van der Waals surface area contributed by atoms with Crippen molar-refractivity contribution in [3.63, 3.8) is 0 Å². The van der Waals surface area contributed by atoms with Crippen LogP contribution in [0.3, 0.4) is 0 Å². The molecule has 1 amide bonds. The molecule has 3 rings (SSSR count). The lowest BCUT2D eigenvalue weighted by molar-refractivity contribution is -0.122. The Kier molecular flexibility index (Phi) is 8.00. The summed E-state index contributed by atoms with van der Waals surface area (Å²) in [7, 11) is 0. The number of H-pyrrole nitrogens is 1. The first-order valence-electron chi connectivity index (χ1n) is 8.17. The van der Waals surface area contributed by atoms with Crippen LogP contribution < -0.4 is 11.1 Å². The van der Waals surface area contributed by atoms with E-state index in [4.69, 9.17) is 5.73 Å². The Balaban J connectivity index is 0.00000144. The van der Waals surface area contributed by atoms with Gasteiger partial charge in [0.2, 0.25) is 5.91 Å². The highest BCUT2D eigenvalue weighted by molar-refractivity contribution is 5.85. The van der Waals surface area contributed by atoms with E-state index >= 15 is 0 Å². The van der Waals surface area contributed by atoms with Gasteiger partial charge >= 0.3 is 0 Å². The van der Waals surface area contributed by atoms with E-state index in [9.17, 15) is 4.79 Å². The second-order valence-corrected chi connectivity index (χ2v) is 6.23. The molecule has 134 valence electrons. The Morgan fingerprint density at radius 2 is 2.12 bits per heavy atom. The zero-order valence-electron chi connectivity index (χ0n) is 13.8. The molecule has 5 nitrogen and oxygen atoms in total. The molecule has 0 saturated heterocycles. The molecule has 0 aliphatic heterocycles. The van der Waals surface area contributed by atoms with Crippen molar-refractivity contribution >= 4 is 41.8 Å². The first kappa shape index (κ1) is 20.7. The van der Waals surface area contributed by atoms with Crippen molar-refractivity contribution in [2.75, 3.05) is 0 Å². The van der Waals surface area contributed by atoms with Crippen LogP contribution in [0.2, 0.25) is 0 Å². The molecule has 1 aliphatic carbocycles. The monoisotopic (exact) mass is 372 g/mol. The molecule has 4 N–H and O–H groups in total. The van der Waals surface area contributed by atoms with E-state index in [-0.39, 0.29) is 42.8 Å². The molecule has 2 aromatic rings. The third-order valence-electron chi connectivity index (χ3n) is 4.65. The van der Waals surface area contributed by atoms with Crippen LogP contribution >= 0.6 is 24.8 Å². The zero-order chi connectivity index (χ0) is 15.5. The van der Waals surface area contributed by atoms with Crippen LogP contribution in [0.5, 0.6) is 0 Å². The Morgan fingerprint density at radius 1 is 1.38 bits per heavy atom. The molecule has 24 heavy (non-hydrogen) atoms. The number of nitrogens with zero attached hydrogens (tertiary/aromatic N) is 1. The van der Waals surface area contributed by atoms with Crippen molar-refractivity contribution in [1.29, 1.82) is 0 Å². The van der Waals surface area contributed by atoms with Crippen molar-refractivity contribution in [3.05, 3.63) is 30.1 Å². The maximum absolute atomic E-state index is 12.3. The number of carbonyl (C=O) groups is 1. The SMILES string of the molecule is CCC(NC(=O)C[C@@H]1CCC[C@H]1N)c1nc2ccccc2[nH]1.Cl.Cl. The summed E-state index contributed by atoms with van der Waals surface area (Å²) in [5, 5.41) is 3.10. The first-order valence-corrected chi connectivity index (χ1v) is 8.17. The second-order valence-electron chi connectivity index (χ2n) is 6.23. The average molecular weight is 373 g/mol. The minimum absolute atomic E-state index is 0. The number of fused-ring (bicyclic) bond motifs is 1. The summed E-state index contributed by atoms with van der Waals surface area (Å²) in [5.41, 5.74) is 7.99. The summed E-state index contributed by atoms with van der Waals surface area (Å²) in [6, 6.07) is 8.02. The van der Waals surface area contributed by atoms with Gasteiger partial charge in [0, 0.05) is 12.5 Å². The van der Waals surface area contributed by atoms with Crippen LogP contribution in [-0.4, -0.2) is 21.9 Å². The number of rotatable bonds is 5. The van der Waals surface area contributed by atoms with E-state index in [1.54, 1.807) is 0 Å². The molecule has 7 heteroatoms. The standard InChI is InChI=1S/C17H24N4O.2ClH/c1-2-13(17-20-14-8-3-4-9-15(14)21-17)19-16(22)10-11-6-5-7-12(11)18;;/h3-4,8-9,11-13H,2,5-7,10,18H2,1H3,(H,19,22)(H,20,21);2*1H/t11-,12+,13?;;/m0../s1. The number of aromatic nitrogens is 2. The van der Waals surface area contributed by atoms with Gasteiger partial charge in [0.25, 0.3) is 0 Å². The largest absolute Gasteiger partial charge is 0.346 e. The molecule has 3 atom stereocenters. The van der Waals surface area contributed by atoms with E-state index in [0.29, 0.717) is 12.3 Å². The van der Waals surface area contributed by atoms with E-state index in [0.717, 1.165) is 42.5 Å². The van der Waals surface area contributed by atoms with Crippen LogP contribution in [0, 0.1) is 5.92 Å². The molecule has 1 aliphatic rings. The van der Waals surface area contributed by atoms with Gasteiger partial charge < -0.3 is 16.0 Å². The first-order chi connectivity index (χ1) is 10.7. The topological polar surface area (TPSA) is 83.8 Å². The molecular weight excluding hydrogens is 347 g/mol. The third-order valence-corrected chi connectivity index (χ3v) is 4.65. The highest BCUT2D eigenvalue weighted by Crippen LogP contribution is 2.27. The molecule has 1 aromatic carbocycles. The minimum Gasteiger partial charge on any atom is -0.346 e. The number of aromatic amines is 1. The normalized spacial score (nSPS) is 20.9. The van der Waals surface area contributed by atoms with Crippen molar-refractivity contribution in [3.8, 4) is 0 Å². The average Bonchev–Trinajstić information content (AvgIpc) is 3.11. The van der Waals surface area contributed by atoms with Gasteiger partial charge in [0.1, 0.15) is 5.82 Å². The predicted molar refractivity (Wildman–Crippen MR) is 102 cm³/mol. The molecule has 0 bridgehead atoms. The molecular formula is C17H26Cl2N4O. The number of nitrogens with two attached hydrogens (primary N) is 1. The van der Waals surface area contributed by atoms with E-state index in [2.05, 4.69) is 22.2 Å². The summed E-state index contributed by atoms with van der Waals surface area (Å²) in [6.45, 7) is 2.05. The molecule has 1 fully saturated rings. The number of hydrogen-bond donors (Lipinski definition) is 3. The van der Waals surface area contributed by atoms with Crippen molar-refractivity contribution in [2.45, 2.75) is 51.1 Å². The molecule has 0 spiro atoms. The third kappa shape index (κ3) is 4.62. The second kappa shape index (κ2) is 9.25. The van der Waals surface area contributed by atoms with Gasteiger partial charge in [-0.2, -0.15) is 0 Å². The van der Waals surface area contributed by atoms with Crippen LogP contribution in [0.25, 0.3) is 11.0 Å². The van der Waals surface area contributed by atoms with Crippen molar-refractivity contribution in [1.82, 2.24) is 15.3 Å². The van der Waals surface area contributed by atoms with Crippen LogP contribution in [0.4, 0.5) is 0 Å². The van der Waals surface area contributed by atoms with E-state index < -0.39 is 0 Å². The van der Waals surface area contributed by atoms with Crippen LogP contribution in [0.15, 0.2) is 24.3 Å². The highest BCUT2D eigenvalue weighted by Gasteiger charge is 2.27. The van der Waals surface area contributed by atoms with Gasteiger partial charge in [-0.15, -0.1) is 24.8 Å². The number of hydrogen-bond acceptors (Lipinski definition) is 3. The lowest BCUT2D eigenvalue weighted by Gasteiger charge is -2.18. The van der Waals surface area contributed by atoms with Crippen LogP contribution in [-0.2, 0) is 4.79 Å². The van der Waals surface area contributed by atoms with Crippen molar-refractivity contribution in [2.24, 2.45) is 11.7 Å². The zero-order valence-corrected chi connectivity index (χ0v) is 15.5. The van der Waals surface area contributed by atoms with Gasteiger partial charge in [-0.25, -0.2) is 4.98 Å². The molecule has 1 aromatic heterocycles. The Bertz CT molecular complexity index is 628. The van der Waals surface area contributed by atoms with Crippen molar-refractivity contribution < 1.29 is 4.79 Å².